The van der Waals surface area contributed by atoms with Gasteiger partial charge in [0.25, 0.3) is 0 Å². The highest BCUT2D eigenvalue weighted by molar-refractivity contribution is 5.92. The van der Waals surface area contributed by atoms with Gasteiger partial charge in [-0.05, 0) is 31.2 Å². The number of hydrogen-bond donors (Lipinski definition) is 1. The van der Waals surface area contributed by atoms with Gasteiger partial charge in [-0.3, -0.25) is 4.79 Å². The molecule has 0 fully saturated rings. The van der Waals surface area contributed by atoms with Gasteiger partial charge < -0.3 is 14.6 Å². The average molecular weight is 405 g/mol. The number of aryl methyl sites for hydroxylation is 1. The topological polar surface area (TPSA) is 77.2 Å². The molecule has 0 bridgehead atoms. The maximum absolute atomic E-state index is 12.8. The summed E-state index contributed by atoms with van der Waals surface area (Å²) in [6, 6.07) is 11.7. The van der Waals surface area contributed by atoms with Crippen molar-refractivity contribution in [2.45, 2.75) is 25.9 Å². The molecule has 1 amide bonds. The van der Waals surface area contributed by atoms with Crippen molar-refractivity contribution in [1.82, 2.24) is 10.1 Å². The van der Waals surface area contributed by atoms with E-state index in [0.29, 0.717) is 18.0 Å². The number of nitrogens with zero attached hydrogens (tertiary/aromatic N) is 2. The minimum atomic E-state index is -4.46. The highest BCUT2D eigenvalue weighted by Crippen LogP contribution is 2.31. The smallest absolute Gasteiger partial charge is 0.416 e. The van der Waals surface area contributed by atoms with Crippen LogP contribution >= 0.6 is 0 Å². The van der Waals surface area contributed by atoms with Gasteiger partial charge in [-0.1, -0.05) is 29.4 Å². The van der Waals surface area contributed by atoms with Crippen LogP contribution in [0, 0.1) is 0 Å². The zero-order valence-electron chi connectivity index (χ0n) is 15.5. The summed E-state index contributed by atoms with van der Waals surface area (Å²) in [5.74, 6) is 0.475. The first-order valence-electron chi connectivity index (χ1n) is 8.88. The first-order chi connectivity index (χ1) is 13.9. The van der Waals surface area contributed by atoms with Crippen LogP contribution in [0.2, 0.25) is 0 Å². The number of carbonyl (C=O) groups excluding carboxylic acids is 1. The molecule has 0 radical (unpaired) electrons. The summed E-state index contributed by atoms with van der Waals surface area (Å²) >= 11 is 0. The molecule has 0 aliphatic heterocycles. The molecule has 29 heavy (non-hydrogen) atoms. The van der Waals surface area contributed by atoms with E-state index in [1.54, 1.807) is 24.3 Å². The second kappa shape index (κ2) is 8.76. The maximum Gasteiger partial charge on any atom is 0.416 e. The quantitative estimate of drug-likeness (QED) is 0.615. The Hall–Kier alpha value is -3.36. The summed E-state index contributed by atoms with van der Waals surface area (Å²) in [5, 5.41) is 6.45. The van der Waals surface area contributed by atoms with Crippen LogP contribution in [0.25, 0.3) is 11.4 Å². The number of para-hydroxylation sites is 2. The molecule has 0 spiro atoms. The van der Waals surface area contributed by atoms with Crippen molar-refractivity contribution in [2.24, 2.45) is 0 Å². The lowest BCUT2D eigenvalue weighted by atomic mass is 10.1. The minimum Gasteiger partial charge on any atom is -0.492 e. The predicted molar refractivity (Wildman–Crippen MR) is 99.3 cm³/mol. The molecule has 0 saturated carbocycles. The molecular formula is C20H18F3N3O3. The van der Waals surface area contributed by atoms with Crippen molar-refractivity contribution in [2.75, 3.05) is 11.9 Å². The lowest BCUT2D eigenvalue weighted by Gasteiger charge is -2.10. The van der Waals surface area contributed by atoms with Gasteiger partial charge in [0, 0.05) is 18.4 Å². The van der Waals surface area contributed by atoms with Gasteiger partial charge in [0.05, 0.1) is 17.9 Å². The van der Waals surface area contributed by atoms with E-state index in [4.69, 9.17) is 9.26 Å². The molecule has 2 aromatic carbocycles. The van der Waals surface area contributed by atoms with E-state index in [9.17, 15) is 18.0 Å². The SMILES string of the molecule is CCOc1ccccc1NC(=O)CCc1nc(-c2cccc(C(F)(F)F)c2)no1. The highest BCUT2D eigenvalue weighted by Gasteiger charge is 2.30. The molecule has 0 aliphatic rings. The van der Waals surface area contributed by atoms with E-state index < -0.39 is 11.7 Å². The number of anilines is 1. The van der Waals surface area contributed by atoms with Gasteiger partial charge in [-0.25, -0.2) is 0 Å². The predicted octanol–water partition coefficient (Wildman–Crippen LogP) is 4.73. The lowest BCUT2D eigenvalue weighted by molar-refractivity contribution is -0.137. The van der Waals surface area contributed by atoms with E-state index >= 15 is 0 Å². The number of benzene rings is 2. The summed E-state index contributed by atoms with van der Waals surface area (Å²) in [6.07, 6.45) is -4.25. The van der Waals surface area contributed by atoms with Gasteiger partial charge in [-0.15, -0.1) is 0 Å². The van der Waals surface area contributed by atoms with Crippen molar-refractivity contribution in [3.63, 3.8) is 0 Å². The molecule has 0 atom stereocenters. The fraction of sp³-hybridized carbons (Fsp3) is 0.250. The summed E-state index contributed by atoms with van der Waals surface area (Å²) in [5.41, 5.74) is -0.0619. The van der Waals surface area contributed by atoms with Crippen molar-refractivity contribution < 1.29 is 27.2 Å². The molecule has 9 heteroatoms. The monoisotopic (exact) mass is 405 g/mol. The number of alkyl halides is 3. The fourth-order valence-electron chi connectivity index (χ4n) is 2.59. The van der Waals surface area contributed by atoms with Crippen LogP contribution < -0.4 is 10.1 Å². The van der Waals surface area contributed by atoms with Crippen LogP contribution in [-0.2, 0) is 17.4 Å². The molecule has 1 N–H and O–H groups in total. The normalized spacial score (nSPS) is 11.3. The van der Waals surface area contributed by atoms with Gasteiger partial charge >= 0.3 is 6.18 Å². The number of nitrogens with one attached hydrogen (secondary N) is 1. The number of carbonyl (C=O) groups is 1. The fourth-order valence-corrected chi connectivity index (χ4v) is 2.59. The van der Waals surface area contributed by atoms with Crippen LogP contribution in [0.4, 0.5) is 18.9 Å². The number of hydrogen-bond acceptors (Lipinski definition) is 5. The number of ether oxygens (including phenoxy) is 1. The Bertz CT molecular complexity index is 986. The molecule has 1 aromatic heterocycles. The zero-order valence-corrected chi connectivity index (χ0v) is 15.5. The van der Waals surface area contributed by atoms with Crippen LogP contribution in [0.3, 0.4) is 0 Å². The molecule has 3 aromatic rings. The Labute approximate surface area is 164 Å². The standard InChI is InChI=1S/C20H18F3N3O3/c1-2-28-16-9-4-3-8-15(16)24-17(27)10-11-18-25-19(26-29-18)13-6-5-7-14(12-13)20(21,22)23/h3-9,12H,2,10-11H2,1H3,(H,24,27). The second-order valence-corrected chi connectivity index (χ2v) is 6.07. The zero-order chi connectivity index (χ0) is 20.9. The van der Waals surface area contributed by atoms with Crippen LogP contribution in [0.5, 0.6) is 5.75 Å². The van der Waals surface area contributed by atoms with Crippen LogP contribution in [0.15, 0.2) is 53.1 Å². The Balaban J connectivity index is 1.62. The van der Waals surface area contributed by atoms with E-state index in [-0.39, 0.29) is 36.0 Å². The third-order valence-corrected chi connectivity index (χ3v) is 3.94. The Morgan fingerprint density at radius 3 is 2.72 bits per heavy atom. The lowest BCUT2D eigenvalue weighted by Crippen LogP contribution is -2.13. The Morgan fingerprint density at radius 2 is 1.97 bits per heavy atom. The number of halogens is 3. The van der Waals surface area contributed by atoms with Gasteiger partial charge in [0.15, 0.2) is 0 Å². The molecule has 3 rings (SSSR count). The molecule has 0 aliphatic carbocycles. The first kappa shape index (κ1) is 20.4. The summed E-state index contributed by atoms with van der Waals surface area (Å²) < 4.78 is 49.0. The average Bonchev–Trinajstić information content (AvgIpc) is 3.17. The Kier molecular flexibility index (Phi) is 6.16. The van der Waals surface area contributed by atoms with Gasteiger partial charge in [0.2, 0.25) is 17.6 Å². The van der Waals surface area contributed by atoms with E-state index in [1.165, 1.54) is 12.1 Å². The van der Waals surface area contributed by atoms with Crippen LogP contribution in [-0.4, -0.2) is 22.7 Å². The van der Waals surface area contributed by atoms with Gasteiger partial charge in [0.1, 0.15) is 5.75 Å². The summed E-state index contributed by atoms with van der Waals surface area (Å²) in [4.78, 5) is 16.3. The van der Waals surface area contributed by atoms with Crippen molar-refractivity contribution in [3.8, 4) is 17.1 Å². The third-order valence-electron chi connectivity index (χ3n) is 3.94. The third kappa shape index (κ3) is 5.34. The summed E-state index contributed by atoms with van der Waals surface area (Å²) in [6.45, 7) is 2.31. The van der Waals surface area contributed by atoms with E-state index in [0.717, 1.165) is 12.1 Å². The molecule has 0 unspecified atom stereocenters. The van der Waals surface area contributed by atoms with Crippen LogP contribution in [0.1, 0.15) is 24.8 Å². The van der Waals surface area contributed by atoms with Crippen molar-refractivity contribution >= 4 is 11.6 Å². The number of aromatic nitrogens is 2. The van der Waals surface area contributed by atoms with E-state index in [2.05, 4.69) is 15.5 Å². The molecule has 152 valence electrons. The first-order valence-corrected chi connectivity index (χ1v) is 8.88. The molecule has 1 heterocycles. The second-order valence-electron chi connectivity index (χ2n) is 6.07. The number of rotatable bonds is 7. The number of amides is 1. The van der Waals surface area contributed by atoms with Gasteiger partial charge in [-0.2, -0.15) is 18.2 Å². The summed E-state index contributed by atoms with van der Waals surface area (Å²) in [7, 11) is 0. The van der Waals surface area contributed by atoms with Crippen molar-refractivity contribution in [3.05, 3.63) is 60.0 Å². The maximum atomic E-state index is 12.8. The van der Waals surface area contributed by atoms with E-state index in [1.807, 2.05) is 6.92 Å². The highest BCUT2D eigenvalue weighted by atomic mass is 19.4. The van der Waals surface area contributed by atoms with Crippen molar-refractivity contribution in [1.29, 1.82) is 0 Å². The minimum absolute atomic E-state index is 0.0354. The molecule has 0 saturated heterocycles. The molecule has 6 nitrogen and oxygen atoms in total. The molecular weight excluding hydrogens is 387 g/mol. The largest absolute Gasteiger partial charge is 0.492 e. The Morgan fingerprint density at radius 1 is 1.17 bits per heavy atom.